The van der Waals surface area contributed by atoms with Crippen LogP contribution in [-0.4, -0.2) is 52.0 Å². The smallest absolute Gasteiger partial charge is 0.312 e. The van der Waals surface area contributed by atoms with E-state index in [2.05, 4.69) is 5.43 Å². The number of nitro benzene ring substituents is 1. The maximum absolute atomic E-state index is 12.7. The molecule has 10 nitrogen and oxygen atoms in total. The molecule has 1 fully saturated rings. The van der Waals surface area contributed by atoms with Gasteiger partial charge >= 0.3 is 5.97 Å². The molecule has 1 saturated heterocycles. The number of para-hydroxylation sites is 1. The quantitative estimate of drug-likeness (QED) is 0.181. The largest absolute Gasteiger partial charge is 0.454 e. The van der Waals surface area contributed by atoms with E-state index in [9.17, 15) is 29.3 Å². The average Bonchev–Trinajstić information content (AvgIpc) is 3.18. The van der Waals surface area contributed by atoms with Crippen LogP contribution in [0.3, 0.4) is 0 Å². The number of alkyl halides is 1. The molecule has 12 heteroatoms. The van der Waals surface area contributed by atoms with Crippen molar-refractivity contribution in [3.8, 4) is 0 Å². The summed E-state index contributed by atoms with van der Waals surface area (Å²) in [6, 6.07) is 11.3. The standard InChI is InChI=1S/C22H19Cl2N3O7/c23-10-9-18(20(29)13-5-7-15(24)8-6-13)34-22(31)14-11-19(28)26(12-14)25-21(30)16-3-1-2-4-17(16)27(32)33/h1-8,14,18H,9-12H2,(H,25,30)/t14-,18-/m1/s1. The summed E-state index contributed by atoms with van der Waals surface area (Å²) >= 11 is 11.6. The van der Waals surface area contributed by atoms with Gasteiger partial charge in [0.05, 0.1) is 17.4 Å². The molecule has 1 heterocycles. The van der Waals surface area contributed by atoms with Crippen LogP contribution in [0.25, 0.3) is 0 Å². The van der Waals surface area contributed by atoms with Gasteiger partial charge < -0.3 is 4.74 Å². The maximum atomic E-state index is 12.7. The van der Waals surface area contributed by atoms with Crippen LogP contribution >= 0.6 is 23.2 Å². The summed E-state index contributed by atoms with van der Waals surface area (Å²) in [5, 5.41) is 12.5. The van der Waals surface area contributed by atoms with Crippen molar-refractivity contribution in [2.75, 3.05) is 12.4 Å². The SMILES string of the molecule is O=C(NN1C[C@H](C(=O)O[C@H](CCCl)C(=O)c2ccc(Cl)cc2)CC1=O)c1ccccc1[N+](=O)[O-]. The third-order valence-corrected chi connectivity index (χ3v) is 5.56. The number of amides is 2. The number of hydrogen-bond donors (Lipinski definition) is 1. The molecule has 2 atom stereocenters. The Morgan fingerprint density at radius 1 is 1.18 bits per heavy atom. The molecule has 2 aromatic carbocycles. The number of nitrogens with one attached hydrogen (secondary N) is 1. The molecule has 3 rings (SSSR count). The lowest BCUT2D eigenvalue weighted by Gasteiger charge is -2.19. The van der Waals surface area contributed by atoms with Crippen LogP contribution in [0.5, 0.6) is 0 Å². The normalized spacial score (nSPS) is 16.1. The molecular weight excluding hydrogens is 489 g/mol. The number of hydrazine groups is 1. The van der Waals surface area contributed by atoms with Gasteiger partial charge in [0.1, 0.15) is 5.56 Å². The van der Waals surface area contributed by atoms with E-state index in [1.807, 2.05) is 0 Å². The van der Waals surface area contributed by atoms with Crippen molar-refractivity contribution in [2.24, 2.45) is 5.92 Å². The fourth-order valence-electron chi connectivity index (χ4n) is 3.36. The Labute approximate surface area is 203 Å². The van der Waals surface area contributed by atoms with Crippen LogP contribution in [0.4, 0.5) is 5.69 Å². The van der Waals surface area contributed by atoms with Gasteiger partial charge in [-0.3, -0.25) is 39.7 Å². The molecule has 0 aromatic heterocycles. The third kappa shape index (κ3) is 5.89. The Morgan fingerprint density at radius 3 is 2.50 bits per heavy atom. The lowest BCUT2D eigenvalue weighted by molar-refractivity contribution is -0.385. The van der Waals surface area contributed by atoms with Gasteiger partial charge in [-0.1, -0.05) is 23.7 Å². The van der Waals surface area contributed by atoms with Crippen molar-refractivity contribution in [2.45, 2.75) is 18.9 Å². The molecule has 2 aromatic rings. The summed E-state index contributed by atoms with van der Waals surface area (Å²) in [5.74, 6) is -3.60. The van der Waals surface area contributed by atoms with Crippen molar-refractivity contribution in [1.82, 2.24) is 10.4 Å². The van der Waals surface area contributed by atoms with Gasteiger partial charge in [0.25, 0.3) is 11.6 Å². The molecule has 0 saturated carbocycles. The summed E-state index contributed by atoms with van der Waals surface area (Å²) in [6.07, 6.45) is -1.36. The summed E-state index contributed by atoms with van der Waals surface area (Å²) in [6.45, 7) is -0.216. The number of nitro groups is 1. The van der Waals surface area contributed by atoms with E-state index in [4.69, 9.17) is 27.9 Å². The van der Waals surface area contributed by atoms with Gasteiger partial charge in [0.15, 0.2) is 6.10 Å². The minimum Gasteiger partial charge on any atom is -0.454 e. The number of ether oxygens (including phenoxy) is 1. The highest BCUT2D eigenvalue weighted by molar-refractivity contribution is 6.30. The minimum atomic E-state index is -1.16. The van der Waals surface area contributed by atoms with Crippen molar-refractivity contribution in [3.63, 3.8) is 0 Å². The van der Waals surface area contributed by atoms with Gasteiger partial charge in [-0.25, -0.2) is 0 Å². The lowest BCUT2D eigenvalue weighted by Crippen LogP contribution is -2.43. The number of nitrogens with zero attached hydrogens (tertiary/aromatic N) is 2. The van der Waals surface area contributed by atoms with Crippen LogP contribution in [0, 0.1) is 16.0 Å². The zero-order chi connectivity index (χ0) is 24.8. The van der Waals surface area contributed by atoms with Crippen LogP contribution < -0.4 is 5.43 Å². The maximum Gasteiger partial charge on any atom is 0.312 e. The second kappa shape index (κ2) is 11.1. The Balaban J connectivity index is 1.65. The number of rotatable bonds is 9. The highest BCUT2D eigenvalue weighted by atomic mass is 35.5. The molecule has 0 radical (unpaired) electrons. The van der Waals surface area contributed by atoms with Crippen molar-refractivity contribution in [3.05, 3.63) is 74.8 Å². The van der Waals surface area contributed by atoms with Gasteiger partial charge in [-0.2, -0.15) is 0 Å². The molecule has 2 amide bonds. The fraction of sp³-hybridized carbons (Fsp3) is 0.273. The number of carbonyl (C=O) groups is 4. The van der Waals surface area contributed by atoms with Gasteiger partial charge in [-0.15, -0.1) is 11.6 Å². The number of carbonyl (C=O) groups excluding carboxylic acids is 4. The predicted octanol–water partition coefficient (Wildman–Crippen LogP) is 3.17. The van der Waals surface area contributed by atoms with E-state index >= 15 is 0 Å². The van der Waals surface area contributed by atoms with Crippen LogP contribution in [0.2, 0.25) is 5.02 Å². The monoisotopic (exact) mass is 507 g/mol. The summed E-state index contributed by atoms with van der Waals surface area (Å²) in [5.41, 5.74) is 1.92. The number of ketones is 1. The first-order chi connectivity index (χ1) is 16.2. The number of halogens is 2. The molecule has 0 unspecified atom stereocenters. The summed E-state index contributed by atoms with van der Waals surface area (Å²) < 4.78 is 5.37. The fourth-order valence-corrected chi connectivity index (χ4v) is 3.68. The highest BCUT2D eigenvalue weighted by Crippen LogP contribution is 2.22. The van der Waals surface area contributed by atoms with E-state index < -0.39 is 46.2 Å². The van der Waals surface area contributed by atoms with Gasteiger partial charge in [0, 0.05) is 35.4 Å². The van der Waals surface area contributed by atoms with Crippen LogP contribution in [0.15, 0.2) is 48.5 Å². The van der Waals surface area contributed by atoms with Crippen molar-refractivity contribution >= 4 is 52.5 Å². The predicted molar refractivity (Wildman–Crippen MR) is 121 cm³/mol. The zero-order valence-corrected chi connectivity index (χ0v) is 19.1. The molecule has 1 aliphatic heterocycles. The Hall–Kier alpha value is -3.50. The molecule has 1 aliphatic rings. The van der Waals surface area contributed by atoms with E-state index in [-0.39, 0.29) is 36.4 Å². The first kappa shape index (κ1) is 25.1. The third-order valence-electron chi connectivity index (χ3n) is 5.09. The van der Waals surface area contributed by atoms with E-state index in [0.717, 1.165) is 11.1 Å². The average molecular weight is 508 g/mol. The molecule has 1 N–H and O–H groups in total. The molecule has 0 spiro atoms. The molecule has 34 heavy (non-hydrogen) atoms. The minimum absolute atomic E-state index is 0.0545. The van der Waals surface area contributed by atoms with Crippen molar-refractivity contribution < 1.29 is 28.8 Å². The number of benzene rings is 2. The topological polar surface area (TPSA) is 136 Å². The lowest BCUT2D eigenvalue weighted by atomic mass is 10.0. The molecular formula is C22H19Cl2N3O7. The van der Waals surface area contributed by atoms with Gasteiger partial charge in [-0.05, 0) is 30.3 Å². The number of hydrogen-bond acceptors (Lipinski definition) is 7. The van der Waals surface area contributed by atoms with E-state index in [1.54, 1.807) is 0 Å². The second-order valence-electron chi connectivity index (χ2n) is 7.39. The van der Waals surface area contributed by atoms with Crippen LogP contribution in [-0.2, 0) is 14.3 Å². The first-order valence-electron chi connectivity index (χ1n) is 10.1. The molecule has 0 aliphatic carbocycles. The number of Topliss-reactive ketones (excluding diaryl/α,β-unsaturated/α-hetero) is 1. The highest BCUT2D eigenvalue weighted by Gasteiger charge is 2.38. The van der Waals surface area contributed by atoms with E-state index in [0.29, 0.717) is 5.02 Å². The zero-order valence-electron chi connectivity index (χ0n) is 17.6. The Kier molecular flexibility index (Phi) is 8.19. The number of esters is 1. The van der Waals surface area contributed by atoms with Crippen LogP contribution in [0.1, 0.15) is 33.6 Å². The Bertz CT molecular complexity index is 1120. The Morgan fingerprint density at radius 2 is 1.85 bits per heavy atom. The summed E-state index contributed by atoms with van der Waals surface area (Å²) in [7, 11) is 0. The molecule has 178 valence electrons. The van der Waals surface area contributed by atoms with Gasteiger partial charge in [0.2, 0.25) is 11.7 Å². The van der Waals surface area contributed by atoms with Crippen molar-refractivity contribution in [1.29, 1.82) is 0 Å². The summed E-state index contributed by atoms with van der Waals surface area (Å²) in [4.78, 5) is 60.7. The molecule has 0 bridgehead atoms. The second-order valence-corrected chi connectivity index (χ2v) is 8.21. The van der Waals surface area contributed by atoms with E-state index in [1.165, 1.54) is 42.5 Å². The first-order valence-corrected chi connectivity index (χ1v) is 11.0.